The van der Waals surface area contributed by atoms with Gasteiger partial charge in [0.15, 0.2) is 0 Å². The normalized spacial score (nSPS) is 10.6. The van der Waals surface area contributed by atoms with Crippen LogP contribution in [0.5, 0.6) is 0 Å². The van der Waals surface area contributed by atoms with Crippen molar-refractivity contribution in [1.29, 1.82) is 0 Å². The van der Waals surface area contributed by atoms with Crippen molar-refractivity contribution in [2.45, 2.75) is 19.8 Å². The molecule has 0 atom stereocenters. The topological polar surface area (TPSA) is 68.1 Å². The van der Waals surface area contributed by atoms with Crippen LogP contribution in [0.3, 0.4) is 0 Å². The molecule has 0 aliphatic carbocycles. The van der Waals surface area contributed by atoms with Crippen LogP contribution in [0.15, 0.2) is 36.4 Å². The standard InChI is InChI=1S/C14H14ClN3O2/c1-9(2)11-5-3-4-6-12(11)16-14-8-10(18(19)20)7-13(15)17-14/h3-9H,1-2H3,(H,16,17). The maximum atomic E-state index is 10.8. The van der Waals surface area contributed by atoms with Crippen molar-refractivity contribution in [2.24, 2.45) is 0 Å². The summed E-state index contributed by atoms with van der Waals surface area (Å²) in [7, 11) is 0. The molecule has 0 unspecified atom stereocenters. The molecular weight excluding hydrogens is 278 g/mol. The molecule has 1 N–H and O–H groups in total. The fourth-order valence-electron chi connectivity index (χ4n) is 1.91. The number of halogens is 1. The van der Waals surface area contributed by atoms with Crippen molar-refractivity contribution in [2.75, 3.05) is 5.32 Å². The van der Waals surface area contributed by atoms with Gasteiger partial charge in [0.25, 0.3) is 5.69 Å². The van der Waals surface area contributed by atoms with Crippen molar-refractivity contribution in [3.63, 3.8) is 0 Å². The van der Waals surface area contributed by atoms with E-state index < -0.39 is 4.92 Å². The zero-order valence-electron chi connectivity index (χ0n) is 11.1. The van der Waals surface area contributed by atoms with Crippen LogP contribution < -0.4 is 5.32 Å². The van der Waals surface area contributed by atoms with Gasteiger partial charge in [-0.3, -0.25) is 10.1 Å². The van der Waals surface area contributed by atoms with Crippen LogP contribution in [0.4, 0.5) is 17.2 Å². The van der Waals surface area contributed by atoms with E-state index in [4.69, 9.17) is 11.6 Å². The summed E-state index contributed by atoms with van der Waals surface area (Å²) in [6, 6.07) is 10.3. The number of pyridine rings is 1. The molecule has 0 spiro atoms. The van der Waals surface area contributed by atoms with Gasteiger partial charge in [-0.15, -0.1) is 0 Å². The fraction of sp³-hybridized carbons (Fsp3) is 0.214. The third kappa shape index (κ3) is 3.24. The first-order chi connectivity index (χ1) is 9.47. The highest BCUT2D eigenvalue weighted by Gasteiger charge is 2.12. The molecule has 0 amide bonds. The molecule has 0 bridgehead atoms. The molecule has 0 saturated heterocycles. The monoisotopic (exact) mass is 291 g/mol. The SMILES string of the molecule is CC(C)c1ccccc1Nc1cc([N+](=O)[O-])cc(Cl)n1. The van der Waals surface area contributed by atoms with Gasteiger partial charge in [0.1, 0.15) is 11.0 Å². The van der Waals surface area contributed by atoms with Gasteiger partial charge in [0.05, 0.1) is 17.1 Å². The molecule has 0 saturated carbocycles. The summed E-state index contributed by atoms with van der Waals surface area (Å²) in [5.74, 6) is 0.685. The number of hydrogen-bond acceptors (Lipinski definition) is 4. The zero-order chi connectivity index (χ0) is 14.7. The number of nitro groups is 1. The van der Waals surface area contributed by atoms with Gasteiger partial charge in [0, 0.05) is 5.69 Å². The Bertz CT molecular complexity index is 644. The van der Waals surface area contributed by atoms with Crippen LogP contribution in [-0.4, -0.2) is 9.91 Å². The minimum absolute atomic E-state index is 0.0868. The molecular formula is C14H14ClN3O2. The lowest BCUT2D eigenvalue weighted by molar-refractivity contribution is -0.384. The second-order valence-corrected chi connectivity index (χ2v) is 5.04. The number of rotatable bonds is 4. The van der Waals surface area contributed by atoms with Crippen LogP contribution in [0.2, 0.25) is 5.15 Å². The molecule has 1 aromatic heterocycles. The second kappa shape index (κ2) is 5.88. The van der Waals surface area contributed by atoms with Crippen molar-refractivity contribution >= 4 is 28.8 Å². The third-order valence-electron chi connectivity index (χ3n) is 2.84. The average molecular weight is 292 g/mol. The molecule has 2 rings (SSSR count). The average Bonchev–Trinajstić information content (AvgIpc) is 2.38. The molecule has 20 heavy (non-hydrogen) atoms. The Morgan fingerprint density at radius 2 is 2.00 bits per heavy atom. The molecule has 1 aromatic carbocycles. The smallest absolute Gasteiger partial charge is 0.276 e. The van der Waals surface area contributed by atoms with Gasteiger partial charge in [-0.05, 0) is 17.5 Å². The first-order valence-electron chi connectivity index (χ1n) is 6.15. The van der Waals surface area contributed by atoms with E-state index in [9.17, 15) is 10.1 Å². The summed E-state index contributed by atoms with van der Waals surface area (Å²) in [5.41, 5.74) is 1.89. The van der Waals surface area contributed by atoms with E-state index in [0.29, 0.717) is 11.7 Å². The maximum absolute atomic E-state index is 10.8. The van der Waals surface area contributed by atoms with Crippen LogP contribution >= 0.6 is 11.6 Å². The molecule has 0 fully saturated rings. The van der Waals surface area contributed by atoms with Crippen molar-refractivity contribution < 1.29 is 4.92 Å². The van der Waals surface area contributed by atoms with Crippen molar-refractivity contribution in [3.8, 4) is 0 Å². The lowest BCUT2D eigenvalue weighted by Crippen LogP contribution is -2.00. The largest absolute Gasteiger partial charge is 0.340 e. The molecule has 2 aromatic rings. The van der Waals surface area contributed by atoms with E-state index in [2.05, 4.69) is 24.1 Å². The van der Waals surface area contributed by atoms with Crippen LogP contribution in [0.1, 0.15) is 25.3 Å². The number of para-hydroxylation sites is 1. The molecule has 0 aliphatic heterocycles. The van der Waals surface area contributed by atoms with Gasteiger partial charge >= 0.3 is 0 Å². The van der Waals surface area contributed by atoms with Crippen molar-refractivity contribution in [1.82, 2.24) is 4.98 Å². The highest BCUT2D eigenvalue weighted by atomic mass is 35.5. The van der Waals surface area contributed by atoms with E-state index in [1.54, 1.807) is 0 Å². The number of aromatic nitrogens is 1. The van der Waals surface area contributed by atoms with E-state index in [1.807, 2.05) is 24.3 Å². The minimum Gasteiger partial charge on any atom is -0.340 e. The summed E-state index contributed by atoms with van der Waals surface area (Å²) >= 11 is 5.81. The minimum atomic E-state index is -0.493. The molecule has 5 nitrogen and oxygen atoms in total. The third-order valence-corrected chi connectivity index (χ3v) is 3.03. The van der Waals surface area contributed by atoms with Crippen LogP contribution in [0.25, 0.3) is 0 Å². The number of nitrogens with one attached hydrogen (secondary N) is 1. The van der Waals surface area contributed by atoms with Gasteiger partial charge in [-0.2, -0.15) is 0 Å². The Morgan fingerprint density at radius 3 is 2.65 bits per heavy atom. The van der Waals surface area contributed by atoms with E-state index in [1.165, 1.54) is 12.1 Å². The molecule has 0 aliphatic rings. The number of hydrogen-bond donors (Lipinski definition) is 1. The predicted octanol–water partition coefficient (Wildman–Crippen LogP) is 4.51. The zero-order valence-corrected chi connectivity index (χ0v) is 11.9. The van der Waals surface area contributed by atoms with Crippen molar-refractivity contribution in [3.05, 3.63) is 57.2 Å². The quantitative estimate of drug-likeness (QED) is 0.511. The second-order valence-electron chi connectivity index (χ2n) is 4.66. The first kappa shape index (κ1) is 14.3. The Balaban J connectivity index is 2.37. The summed E-state index contributed by atoms with van der Waals surface area (Å²) in [5, 5.41) is 14.0. The maximum Gasteiger partial charge on any atom is 0.276 e. The highest BCUT2D eigenvalue weighted by Crippen LogP contribution is 2.28. The van der Waals surface area contributed by atoms with Gasteiger partial charge in [-0.1, -0.05) is 43.6 Å². The van der Waals surface area contributed by atoms with E-state index >= 15 is 0 Å². The summed E-state index contributed by atoms with van der Waals surface area (Å²) < 4.78 is 0. The Hall–Kier alpha value is -2.14. The number of nitrogens with zero attached hydrogens (tertiary/aromatic N) is 2. The van der Waals surface area contributed by atoms with E-state index in [-0.39, 0.29) is 10.8 Å². The Morgan fingerprint density at radius 1 is 1.30 bits per heavy atom. The first-order valence-corrected chi connectivity index (χ1v) is 6.53. The summed E-state index contributed by atoms with van der Waals surface area (Å²) in [4.78, 5) is 14.4. The lowest BCUT2D eigenvalue weighted by Gasteiger charge is -2.14. The van der Waals surface area contributed by atoms with Gasteiger partial charge < -0.3 is 5.32 Å². The van der Waals surface area contributed by atoms with E-state index in [0.717, 1.165) is 11.3 Å². The van der Waals surface area contributed by atoms with Crippen LogP contribution in [0, 0.1) is 10.1 Å². The number of anilines is 2. The summed E-state index contributed by atoms with van der Waals surface area (Å²) in [6.45, 7) is 4.16. The molecule has 0 radical (unpaired) electrons. The Kier molecular flexibility index (Phi) is 4.20. The predicted molar refractivity (Wildman–Crippen MR) is 79.7 cm³/mol. The number of benzene rings is 1. The van der Waals surface area contributed by atoms with Crippen LogP contribution in [-0.2, 0) is 0 Å². The molecule has 104 valence electrons. The Labute approximate surface area is 121 Å². The van der Waals surface area contributed by atoms with Gasteiger partial charge in [0.2, 0.25) is 0 Å². The fourth-order valence-corrected chi connectivity index (χ4v) is 2.11. The summed E-state index contributed by atoms with van der Waals surface area (Å²) in [6.07, 6.45) is 0. The lowest BCUT2D eigenvalue weighted by atomic mass is 10.0. The molecule has 1 heterocycles. The van der Waals surface area contributed by atoms with Gasteiger partial charge in [-0.25, -0.2) is 4.98 Å². The molecule has 6 heteroatoms. The highest BCUT2D eigenvalue weighted by molar-refractivity contribution is 6.29.